The van der Waals surface area contributed by atoms with Crippen molar-refractivity contribution in [2.75, 3.05) is 25.6 Å². The highest BCUT2D eigenvalue weighted by molar-refractivity contribution is 7.92. The van der Waals surface area contributed by atoms with E-state index in [2.05, 4.69) is 0 Å². The van der Waals surface area contributed by atoms with E-state index in [-0.39, 0.29) is 28.4 Å². The molecule has 0 amide bonds. The molecule has 0 aromatic heterocycles. The molecule has 1 fully saturated rings. The van der Waals surface area contributed by atoms with Gasteiger partial charge in [-0.05, 0) is 24.6 Å². The lowest BCUT2D eigenvalue weighted by molar-refractivity contribution is 0.0893. The monoisotopic (exact) mass is 343 g/mol. The molecule has 1 aromatic carbocycles. The normalized spacial score (nSPS) is 21.1. The molecule has 0 bridgehead atoms. The van der Waals surface area contributed by atoms with E-state index in [1.807, 2.05) is 6.07 Å². The predicted octanol–water partition coefficient (Wildman–Crippen LogP) is 0.213. The van der Waals surface area contributed by atoms with Gasteiger partial charge in [0.05, 0.1) is 34.1 Å². The van der Waals surface area contributed by atoms with Gasteiger partial charge in [0.2, 0.25) is 0 Å². The molecule has 9 heteroatoms. The minimum atomic E-state index is -3.92. The molecule has 120 valence electrons. The van der Waals surface area contributed by atoms with E-state index in [0.29, 0.717) is 0 Å². The number of sulfonamides is 1. The third-order valence-corrected chi connectivity index (χ3v) is 7.14. The summed E-state index contributed by atoms with van der Waals surface area (Å²) in [7, 11) is -4.03. The smallest absolute Gasteiger partial charge is 0.234 e. The molecule has 7 nitrogen and oxygen atoms in total. The zero-order valence-electron chi connectivity index (χ0n) is 12.3. The number of rotatable bonds is 4. The molecule has 1 aromatic rings. The summed E-state index contributed by atoms with van der Waals surface area (Å²) < 4.78 is 50.0. The number of sulfone groups is 1. The summed E-state index contributed by atoms with van der Waals surface area (Å²) in [5.74, 6) is -0.210. The lowest BCUT2D eigenvalue weighted by atomic mass is 10.2. The first-order valence-electron chi connectivity index (χ1n) is 6.59. The Morgan fingerprint density at radius 1 is 1.32 bits per heavy atom. The first kappa shape index (κ1) is 16.9. The summed E-state index contributed by atoms with van der Waals surface area (Å²) in [6.07, 6.45) is 0.262. The maximum atomic E-state index is 12.8. The Kier molecular flexibility index (Phi) is 4.58. The fourth-order valence-corrected chi connectivity index (χ4v) is 6.05. The Morgan fingerprint density at radius 3 is 2.50 bits per heavy atom. The van der Waals surface area contributed by atoms with Crippen LogP contribution in [0.3, 0.4) is 0 Å². The van der Waals surface area contributed by atoms with Crippen molar-refractivity contribution in [3.05, 3.63) is 29.8 Å². The lowest BCUT2D eigenvalue weighted by Gasteiger charge is -2.32. The topological polar surface area (TPSA) is 98.6 Å². The van der Waals surface area contributed by atoms with Crippen molar-refractivity contribution in [2.45, 2.75) is 17.4 Å². The van der Waals surface area contributed by atoms with Crippen LogP contribution < -0.4 is 0 Å². The summed E-state index contributed by atoms with van der Waals surface area (Å²) in [4.78, 5) is -0.0236. The first-order valence-corrected chi connectivity index (χ1v) is 9.86. The van der Waals surface area contributed by atoms with Crippen molar-refractivity contribution >= 4 is 19.9 Å². The van der Waals surface area contributed by atoms with E-state index >= 15 is 0 Å². The average Bonchev–Trinajstić information content (AvgIpc) is 2.78. The lowest BCUT2D eigenvalue weighted by Crippen LogP contribution is -2.49. The molecule has 1 aliphatic rings. The highest BCUT2D eigenvalue weighted by Gasteiger charge is 2.40. The summed E-state index contributed by atoms with van der Waals surface area (Å²) in [6, 6.07) is 6.96. The number of hydrogen-bond acceptors (Lipinski definition) is 6. The van der Waals surface area contributed by atoms with Gasteiger partial charge in [-0.1, -0.05) is 6.07 Å². The van der Waals surface area contributed by atoms with E-state index in [4.69, 9.17) is 5.26 Å². The van der Waals surface area contributed by atoms with Crippen molar-refractivity contribution in [2.24, 2.45) is 0 Å². The molecule has 0 aliphatic carbocycles. The second-order valence-electron chi connectivity index (χ2n) is 5.32. The standard InChI is InChI=1S/C13H17N3O4S2/c1-15(2)16(12-6-7-21(17,18)10-12)22(19,20)13-5-3-4-11(8-13)9-14/h3-5,8,12H,6-7,10H2,1-2H3/t12-/m1/s1. The van der Waals surface area contributed by atoms with Crippen LogP contribution in [0.25, 0.3) is 0 Å². The Bertz CT molecular complexity index is 810. The van der Waals surface area contributed by atoms with Crippen LogP contribution in [0.15, 0.2) is 29.2 Å². The molecule has 1 saturated heterocycles. The summed E-state index contributed by atoms with van der Waals surface area (Å²) >= 11 is 0. The van der Waals surface area contributed by atoms with Crippen LogP contribution in [0.5, 0.6) is 0 Å². The van der Waals surface area contributed by atoms with E-state index in [9.17, 15) is 16.8 Å². The van der Waals surface area contributed by atoms with Crippen LogP contribution in [-0.2, 0) is 19.9 Å². The van der Waals surface area contributed by atoms with Crippen molar-refractivity contribution in [3.63, 3.8) is 0 Å². The van der Waals surface area contributed by atoms with Gasteiger partial charge in [-0.15, -0.1) is 4.41 Å². The molecule has 0 unspecified atom stereocenters. The third kappa shape index (κ3) is 3.30. The van der Waals surface area contributed by atoms with Gasteiger partial charge in [-0.2, -0.15) is 5.26 Å². The second kappa shape index (κ2) is 5.96. The molecule has 22 heavy (non-hydrogen) atoms. The van der Waals surface area contributed by atoms with Gasteiger partial charge in [-0.25, -0.2) is 21.8 Å². The van der Waals surface area contributed by atoms with Crippen molar-refractivity contribution in [1.29, 1.82) is 5.26 Å². The predicted molar refractivity (Wildman–Crippen MR) is 80.9 cm³/mol. The fourth-order valence-electron chi connectivity index (χ4n) is 2.52. The van der Waals surface area contributed by atoms with Crippen LogP contribution in [-0.4, -0.2) is 57.9 Å². The van der Waals surface area contributed by atoms with Gasteiger partial charge >= 0.3 is 0 Å². The Morgan fingerprint density at radius 2 is 2.00 bits per heavy atom. The van der Waals surface area contributed by atoms with Crippen LogP contribution in [0.4, 0.5) is 0 Å². The maximum absolute atomic E-state index is 12.8. The molecule has 0 radical (unpaired) electrons. The SMILES string of the molecule is CN(C)N([C@@H]1CCS(=O)(=O)C1)S(=O)(=O)c1cccc(C#N)c1. The average molecular weight is 343 g/mol. The van der Waals surface area contributed by atoms with Crippen LogP contribution in [0, 0.1) is 11.3 Å². The Hall–Kier alpha value is -1.47. The van der Waals surface area contributed by atoms with Gasteiger partial charge in [-0.3, -0.25) is 0 Å². The molecular weight excluding hydrogens is 326 g/mol. The summed E-state index contributed by atoms with van der Waals surface area (Å²) in [5, 5.41) is 10.3. The zero-order valence-corrected chi connectivity index (χ0v) is 13.9. The van der Waals surface area contributed by atoms with Crippen LogP contribution in [0.2, 0.25) is 0 Å². The Balaban J connectivity index is 2.45. The van der Waals surface area contributed by atoms with Crippen molar-refractivity contribution < 1.29 is 16.8 Å². The molecule has 2 rings (SSSR count). The summed E-state index contributed by atoms with van der Waals surface area (Å²) in [6.45, 7) is 0. The van der Waals surface area contributed by atoms with E-state index in [1.54, 1.807) is 14.1 Å². The fraction of sp³-hybridized carbons (Fsp3) is 0.462. The van der Waals surface area contributed by atoms with Gasteiger partial charge in [0.1, 0.15) is 0 Å². The number of hydrazine groups is 1. The maximum Gasteiger partial charge on any atom is 0.256 e. The number of nitrogens with zero attached hydrogens (tertiary/aromatic N) is 3. The van der Waals surface area contributed by atoms with Crippen LogP contribution >= 0.6 is 0 Å². The number of nitriles is 1. The molecule has 0 saturated carbocycles. The molecule has 1 heterocycles. The molecule has 0 spiro atoms. The third-order valence-electron chi connectivity index (χ3n) is 3.42. The summed E-state index contributed by atoms with van der Waals surface area (Å²) in [5.41, 5.74) is 0.235. The number of benzene rings is 1. The first-order chi connectivity index (χ1) is 10.2. The van der Waals surface area contributed by atoms with Crippen LogP contribution in [0.1, 0.15) is 12.0 Å². The van der Waals surface area contributed by atoms with Gasteiger partial charge < -0.3 is 0 Å². The molecule has 1 atom stereocenters. The number of hydrogen-bond donors (Lipinski definition) is 0. The van der Waals surface area contributed by atoms with Gasteiger partial charge in [0, 0.05) is 14.1 Å². The minimum absolute atomic E-state index is 0.0181. The Labute approximate surface area is 130 Å². The van der Waals surface area contributed by atoms with Crippen molar-refractivity contribution in [3.8, 4) is 6.07 Å². The molecular formula is C13H17N3O4S2. The van der Waals surface area contributed by atoms with E-state index < -0.39 is 25.9 Å². The van der Waals surface area contributed by atoms with Crippen molar-refractivity contribution in [1.82, 2.24) is 9.42 Å². The quantitative estimate of drug-likeness (QED) is 0.725. The molecule has 1 aliphatic heterocycles. The van der Waals surface area contributed by atoms with E-state index in [1.165, 1.54) is 29.3 Å². The highest BCUT2D eigenvalue weighted by Crippen LogP contribution is 2.26. The second-order valence-corrected chi connectivity index (χ2v) is 9.35. The van der Waals surface area contributed by atoms with Gasteiger partial charge in [0.15, 0.2) is 9.84 Å². The largest absolute Gasteiger partial charge is 0.256 e. The van der Waals surface area contributed by atoms with E-state index in [0.717, 1.165) is 4.41 Å². The zero-order chi connectivity index (χ0) is 16.5. The minimum Gasteiger partial charge on any atom is -0.234 e. The highest BCUT2D eigenvalue weighted by atomic mass is 32.2. The molecule has 0 N–H and O–H groups in total. The van der Waals surface area contributed by atoms with Gasteiger partial charge in [0.25, 0.3) is 10.0 Å².